The highest BCUT2D eigenvalue weighted by atomic mass is 35.5. The van der Waals surface area contributed by atoms with E-state index in [1.165, 1.54) is 18.2 Å². The van der Waals surface area contributed by atoms with Crippen molar-refractivity contribution in [1.82, 2.24) is 4.90 Å². The second kappa shape index (κ2) is 6.23. The number of halogens is 1. The molecular weight excluding hydrogens is 312 g/mol. The first-order chi connectivity index (χ1) is 9.80. The molecule has 1 heterocycles. The van der Waals surface area contributed by atoms with Crippen molar-refractivity contribution in [3.8, 4) is 0 Å². The molecule has 0 saturated carbocycles. The van der Waals surface area contributed by atoms with Crippen LogP contribution in [0.15, 0.2) is 18.2 Å². The van der Waals surface area contributed by atoms with Crippen LogP contribution in [0, 0.1) is 10.1 Å². The lowest BCUT2D eigenvalue weighted by molar-refractivity contribution is -0.384. The molecule has 0 atom stereocenters. The lowest BCUT2D eigenvalue weighted by Gasteiger charge is -2.23. The van der Waals surface area contributed by atoms with Crippen LogP contribution in [0.1, 0.15) is 30.6 Å². The highest BCUT2D eigenvalue weighted by Gasteiger charge is 2.28. The molecule has 114 valence electrons. The van der Waals surface area contributed by atoms with Crippen LogP contribution in [0.5, 0.6) is 0 Å². The van der Waals surface area contributed by atoms with Crippen molar-refractivity contribution in [2.24, 2.45) is 0 Å². The normalized spacial score (nSPS) is 18.1. The molecule has 0 bridgehead atoms. The number of non-ortho nitro benzene ring substituents is 1. The van der Waals surface area contributed by atoms with E-state index in [1.807, 2.05) is 11.8 Å². The van der Waals surface area contributed by atoms with Gasteiger partial charge in [-0.25, -0.2) is 0 Å². The van der Waals surface area contributed by atoms with Crippen LogP contribution in [-0.4, -0.2) is 39.3 Å². The van der Waals surface area contributed by atoms with Crippen LogP contribution in [-0.2, 0) is 0 Å². The van der Waals surface area contributed by atoms with Gasteiger partial charge >= 0.3 is 0 Å². The Hall–Kier alpha value is -1.27. The van der Waals surface area contributed by atoms with Gasteiger partial charge in [-0.15, -0.1) is 0 Å². The van der Waals surface area contributed by atoms with Gasteiger partial charge in [0.1, 0.15) is 0 Å². The first-order valence-corrected chi connectivity index (χ1v) is 8.04. The SMILES string of the molecule is CC1(C)CCN(C(=O)c2cc([N+](=O)[O-])ccc2Cl)CCS1. The van der Waals surface area contributed by atoms with Gasteiger partial charge in [0.15, 0.2) is 0 Å². The Morgan fingerprint density at radius 2 is 2.14 bits per heavy atom. The Balaban J connectivity index is 2.23. The highest BCUT2D eigenvalue weighted by molar-refractivity contribution is 8.00. The number of hydrogen-bond acceptors (Lipinski definition) is 4. The summed E-state index contributed by atoms with van der Waals surface area (Å²) in [6, 6.07) is 3.97. The van der Waals surface area contributed by atoms with Crippen LogP contribution in [0.4, 0.5) is 5.69 Å². The Kier molecular flexibility index (Phi) is 4.78. The Morgan fingerprint density at radius 3 is 2.81 bits per heavy atom. The lowest BCUT2D eigenvalue weighted by atomic mass is 10.1. The minimum absolute atomic E-state index is 0.118. The van der Waals surface area contributed by atoms with Gasteiger partial charge in [-0.2, -0.15) is 11.8 Å². The molecule has 5 nitrogen and oxygen atoms in total. The quantitative estimate of drug-likeness (QED) is 0.614. The number of nitro benzene ring substituents is 1. The van der Waals surface area contributed by atoms with Crippen molar-refractivity contribution in [1.29, 1.82) is 0 Å². The average molecular weight is 329 g/mol. The monoisotopic (exact) mass is 328 g/mol. The van der Waals surface area contributed by atoms with Gasteiger partial charge in [0.05, 0.1) is 15.5 Å². The average Bonchev–Trinajstić information content (AvgIpc) is 2.59. The topological polar surface area (TPSA) is 63.5 Å². The van der Waals surface area contributed by atoms with E-state index in [1.54, 1.807) is 4.90 Å². The van der Waals surface area contributed by atoms with E-state index in [0.29, 0.717) is 13.1 Å². The molecule has 1 aromatic carbocycles. The number of carbonyl (C=O) groups is 1. The minimum atomic E-state index is -0.519. The second-order valence-electron chi connectivity index (χ2n) is 5.57. The van der Waals surface area contributed by atoms with Gasteiger partial charge in [0, 0.05) is 35.7 Å². The molecule has 2 rings (SSSR count). The third-order valence-corrected chi connectivity index (χ3v) is 5.22. The summed E-state index contributed by atoms with van der Waals surface area (Å²) in [5.41, 5.74) is 0.0860. The van der Waals surface area contributed by atoms with Crippen molar-refractivity contribution < 1.29 is 9.72 Å². The summed E-state index contributed by atoms with van der Waals surface area (Å²) < 4.78 is 0.140. The Bertz CT molecular complexity index is 577. The molecule has 0 aliphatic carbocycles. The molecule has 21 heavy (non-hydrogen) atoms. The van der Waals surface area contributed by atoms with Crippen LogP contribution in [0.3, 0.4) is 0 Å². The van der Waals surface area contributed by atoms with Crippen molar-refractivity contribution in [2.45, 2.75) is 25.0 Å². The van der Waals surface area contributed by atoms with Gasteiger partial charge < -0.3 is 4.90 Å². The van der Waals surface area contributed by atoms with E-state index in [9.17, 15) is 14.9 Å². The van der Waals surface area contributed by atoms with Gasteiger partial charge in [0.2, 0.25) is 0 Å². The number of benzene rings is 1. The van der Waals surface area contributed by atoms with Crippen LogP contribution in [0.2, 0.25) is 5.02 Å². The van der Waals surface area contributed by atoms with Gasteiger partial charge in [0.25, 0.3) is 11.6 Å². The third kappa shape index (κ3) is 3.89. The summed E-state index contributed by atoms with van der Waals surface area (Å²) in [7, 11) is 0. The van der Waals surface area contributed by atoms with Gasteiger partial charge in [-0.3, -0.25) is 14.9 Å². The van der Waals surface area contributed by atoms with Crippen molar-refractivity contribution in [3.63, 3.8) is 0 Å². The highest BCUT2D eigenvalue weighted by Crippen LogP contribution is 2.32. The fraction of sp³-hybridized carbons (Fsp3) is 0.500. The molecule has 0 unspecified atom stereocenters. The zero-order valence-corrected chi connectivity index (χ0v) is 13.5. The van der Waals surface area contributed by atoms with Crippen molar-refractivity contribution in [2.75, 3.05) is 18.8 Å². The number of thioether (sulfide) groups is 1. The Morgan fingerprint density at radius 1 is 1.43 bits per heavy atom. The fourth-order valence-electron chi connectivity index (χ4n) is 2.18. The standard InChI is InChI=1S/C14H17ClN2O3S/c1-14(2)5-6-16(7-8-21-14)13(18)11-9-10(17(19)20)3-4-12(11)15/h3-4,9H,5-8H2,1-2H3. The zero-order valence-electron chi connectivity index (χ0n) is 12.0. The molecule has 0 radical (unpaired) electrons. The van der Waals surface area contributed by atoms with E-state index < -0.39 is 4.92 Å². The molecular formula is C14H17ClN2O3S. The van der Waals surface area contributed by atoms with E-state index >= 15 is 0 Å². The number of rotatable bonds is 2. The zero-order chi connectivity index (χ0) is 15.6. The summed E-state index contributed by atoms with van der Waals surface area (Å²) in [6.07, 6.45) is 0.885. The number of carbonyl (C=O) groups excluding carboxylic acids is 1. The third-order valence-electron chi connectivity index (χ3n) is 3.52. The molecule has 0 N–H and O–H groups in total. The van der Waals surface area contributed by atoms with Crippen molar-refractivity contribution in [3.05, 3.63) is 38.9 Å². The van der Waals surface area contributed by atoms with Crippen LogP contribution in [0.25, 0.3) is 0 Å². The van der Waals surface area contributed by atoms with Crippen LogP contribution >= 0.6 is 23.4 Å². The van der Waals surface area contributed by atoms with E-state index in [-0.39, 0.29) is 26.9 Å². The second-order valence-corrected chi connectivity index (χ2v) is 7.78. The van der Waals surface area contributed by atoms with E-state index in [4.69, 9.17) is 11.6 Å². The summed E-state index contributed by atoms with van der Waals surface area (Å²) in [5, 5.41) is 11.1. The maximum atomic E-state index is 12.6. The molecule has 0 aromatic heterocycles. The molecule has 1 amide bonds. The van der Waals surface area contributed by atoms with Gasteiger partial charge in [-0.05, 0) is 12.5 Å². The first kappa shape index (κ1) is 16.1. The summed E-state index contributed by atoms with van der Waals surface area (Å²) in [4.78, 5) is 24.6. The minimum Gasteiger partial charge on any atom is -0.338 e. The van der Waals surface area contributed by atoms with Crippen LogP contribution < -0.4 is 0 Å². The number of amides is 1. The van der Waals surface area contributed by atoms with E-state index in [2.05, 4.69) is 13.8 Å². The Labute approximate surface area is 132 Å². The molecule has 1 aliphatic rings. The summed E-state index contributed by atoms with van der Waals surface area (Å²) in [5.74, 6) is 0.618. The predicted octanol–water partition coefficient (Wildman–Crippen LogP) is 3.61. The first-order valence-electron chi connectivity index (χ1n) is 6.67. The smallest absolute Gasteiger partial charge is 0.270 e. The van der Waals surface area contributed by atoms with Crippen molar-refractivity contribution >= 4 is 35.0 Å². The molecule has 1 aromatic rings. The molecule has 1 saturated heterocycles. The number of nitro groups is 1. The van der Waals surface area contributed by atoms with E-state index in [0.717, 1.165) is 12.2 Å². The molecule has 1 fully saturated rings. The maximum absolute atomic E-state index is 12.6. The lowest BCUT2D eigenvalue weighted by Crippen LogP contribution is -2.33. The summed E-state index contributed by atoms with van der Waals surface area (Å²) in [6.45, 7) is 5.59. The molecule has 0 spiro atoms. The largest absolute Gasteiger partial charge is 0.338 e. The summed E-state index contributed by atoms with van der Waals surface area (Å²) >= 11 is 7.87. The van der Waals surface area contributed by atoms with Gasteiger partial charge in [-0.1, -0.05) is 25.4 Å². The molecule has 7 heteroatoms. The maximum Gasteiger partial charge on any atom is 0.270 e. The fourth-order valence-corrected chi connectivity index (χ4v) is 3.48. The number of nitrogens with zero attached hydrogens (tertiary/aromatic N) is 2. The number of hydrogen-bond donors (Lipinski definition) is 0. The predicted molar refractivity (Wildman–Crippen MR) is 85.2 cm³/mol. The molecule has 1 aliphatic heterocycles.